The van der Waals surface area contributed by atoms with Gasteiger partial charge in [0.05, 0.1) is 11.9 Å². The molecule has 0 aromatic heterocycles. The van der Waals surface area contributed by atoms with Crippen molar-refractivity contribution < 1.29 is 24.6 Å². The lowest BCUT2D eigenvalue weighted by atomic mass is 9.82. The number of carbonyl (C=O) groups is 3. The van der Waals surface area contributed by atoms with Crippen LogP contribution in [0.2, 0.25) is 0 Å². The molecule has 1 aliphatic carbocycles. The van der Waals surface area contributed by atoms with Gasteiger partial charge in [0.2, 0.25) is 5.91 Å². The van der Waals surface area contributed by atoms with Gasteiger partial charge in [-0.3, -0.25) is 4.79 Å². The minimum absolute atomic E-state index is 0.0918. The molecule has 1 aromatic carbocycles. The van der Waals surface area contributed by atoms with Crippen LogP contribution in [0.3, 0.4) is 0 Å². The second-order valence-electron chi connectivity index (χ2n) is 4.80. The Kier molecular flexibility index (Phi) is 4.37. The van der Waals surface area contributed by atoms with E-state index in [0.29, 0.717) is 0 Å². The molecule has 110 valence electrons. The first-order valence-corrected chi connectivity index (χ1v) is 6.47. The van der Waals surface area contributed by atoms with Gasteiger partial charge in [0, 0.05) is 23.1 Å². The Morgan fingerprint density at radius 3 is 2.24 bits per heavy atom. The molecule has 0 aliphatic heterocycles. The first-order chi connectivity index (χ1) is 10.0. The molecule has 1 aliphatic rings. The van der Waals surface area contributed by atoms with E-state index in [1.165, 1.54) is 18.2 Å². The van der Waals surface area contributed by atoms with Crippen molar-refractivity contribution in [3.8, 4) is 0 Å². The summed E-state index contributed by atoms with van der Waals surface area (Å²) in [6.45, 7) is 0. The fraction of sp³-hybridized carbons (Fsp3) is 0.267. The van der Waals surface area contributed by atoms with E-state index in [9.17, 15) is 24.6 Å². The van der Waals surface area contributed by atoms with Gasteiger partial charge in [0.1, 0.15) is 0 Å². The number of nitrogens with one attached hydrogen (secondary N) is 1. The lowest BCUT2D eigenvalue weighted by Gasteiger charge is -2.28. The summed E-state index contributed by atoms with van der Waals surface area (Å²) in [5, 5.41) is 24.5. The van der Waals surface area contributed by atoms with Gasteiger partial charge in [-0.2, -0.15) is 0 Å². The number of anilines is 1. The summed E-state index contributed by atoms with van der Waals surface area (Å²) >= 11 is 0. The number of amides is 1. The Hall–Kier alpha value is -2.63. The molecule has 2 atom stereocenters. The van der Waals surface area contributed by atoms with Gasteiger partial charge in [-0.05, 0) is 18.9 Å². The van der Waals surface area contributed by atoms with Crippen molar-refractivity contribution in [2.24, 2.45) is 11.8 Å². The number of aliphatic carboxylic acids is 1. The molecular formula is C15H13NO5-2. The maximum Gasteiger partial charge on any atom is 0.228 e. The highest BCUT2D eigenvalue weighted by Gasteiger charge is 2.30. The summed E-state index contributed by atoms with van der Waals surface area (Å²) in [7, 11) is 0. The van der Waals surface area contributed by atoms with E-state index in [1.807, 2.05) is 0 Å². The maximum absolute atomic E-state index is 12.2. The van der Waals surface area contributed by atoms with Crippen molar-refractivity contribution in [1.82, 2.24) is 0 Å². The predicted octanol–water partition coefficient (Wildman–Crippen LogP) is -0.679. The number of carbonyl (C=O) groups excluding carboxylic acids is 3. The van der Waals surface area contributed by atoms with Crippen LogP contribution in [0.1, 0.15) is 23.2 Å². The highest BCUT2D eigenvalue weighted by atomic mass is 16.4. The molecule has 1 N–H and O–H groups in total. The number of allylic oxidation sites excluding steroid dienone is 2. The predicted molar refractivity (Wildman–Crippen MR) is 69.8 cm³/mol. The highest BCUT2D eigenvalue weighted by Crippen LogP contribution is 2.27. The molecule has 0 saturated carbocycles. The summed E-state index contributed by atoms with van der Waals surface area (Å²) in [5.41, 5.74) is -0.0589. The summed E-state index contributed by atoms with van der Waals surface area (Å²) in [5.74, 6) is -4.93. The smallest absolute Gasteiger partial charge is 0.228 e. The van der Waals surface area contributed by atoms with Crippen LogP contribution in [-0.2, 0) is 9.59 Å². The van der Waals surface area contributed by atoms with E-state index in [0.717, 1.165) is 0 Å². The summed E-state index contributed by atoms with van der Waals surface area (Å²) in [6, 6.07) is 5.81. The Labute approximate surface area is 121 Å². The lowest BCUT2D eigenvalue weighted by molar-refractivity contribution is -0.313. The summed E-state index contributed by atoms with van der Waals surface area (Å²) in [6.07, 6.45) is 3.92. The molecule has 0 bridgehead atoms. The fourth-order valence-electron chi connectivity index (χ4n) is 2.36. The third kappa shape index (κ3) is 3.28. The van der Waals surface area contributed by atoms with Crippen LogP contribution < -0.4 is 15.5 Å². The minimum atomic E-state index is -1.41. The standard InChI is InChI=1S/C15H15NO5/c17-13(9-5-1-2-6-10(9)14(18)19)16-12-8-4-3-7-11(12)15(20)21/h1-4,7-10H,5-6H2,(H,16,17)(H,18,19)(H,20,21)/p-2/t9-,10-/m0/s1. The van der Waals surface area contributed by atoms with Crippen molar-refractivity contribution in [3.63, 3.8) is 0 Å². The molecule has 0 heterocycles. The Morgan fingerprint density at radius 1 is 1.00 bits per heavy atom. The highest BCUT2D eigenvalue weighted by molar-refractivity contribution is 6.01. The van der Waals surface area contributed by atoms with E-state index in [4.69, 9.17) is 0 Å². The number of hydrogen-bond acceptors (Lipinski definition) is 5. The van der Waals surface area contributed by atoms with E-state index < -0.39 is 29.7 Å². The molecular weight excluding hydrogens is 274 g/mol. The average molecular weight is 287 g/mol. The first kappa shape index (κ1) is 14.8. The van der Waals surface area contributed by atoms with Gasteiger partial charge >= 0.3 is 0 Å². The largest absolute Gasteiger partial charge is 0.550 e. The quantitative estimate of drug-likeness (QED) is 0.738. The number of carboxylic acid groups (broad SMARTS) is 2. The lowest BCUT2D eigenvalue weighted by Crippen LogP contribution is -2.41. The summed E-state index contributed by atoms with van der Waals surface area (Å²) < 4.78 is 0. The number of benzene rings is 1. The molecule has 2 rings (SSSR count). The number of hydrogen-bond donors (Lipinski definition) is 1. The van der Waals surface area contributed by atoms with Crippen molar-refractivity contribution >= 4 is 23.5 Å². The van der Waals surface area contributed by atoms with E-state index in [1.54, 1.807) is 18.2 Å². The van der Waals surface area contributed by atoms with Gasteiger partial charge in [-0.25, -0.2) is 0 Å². The molecule has 0 unspecified atom stereocenters. The zero-order valence-electron chi connectivity index (χ0n) is 11.1. The van der Waals surface area contributed by atoms with Crippen molar-refractivity contribution in [1.29, 1.82) is 0 Å². The van der Waals surface area contributed by atoms with E-state index in [2.05, 4.69) is 5.32 Å². The molecule has 1 amide bonds. The number of carboxylic acids is 2. The topological polar surface area (TPSA) is 109 Å². The van der Waals surface area contributed by atoms with Crippen LogP contribution in [0.5, 0.6) is 0 Å². The van der Waals surface area contributed by atoms with Gasteiger partial charge in [-0.15, -0.1) is 0 Å². The normalized spacial score (nSPS) is 20.8. The van der Waals surface area contributed by atoms with Gasteiger partial charge in [-0.1, -0.05) is 30.4 Å². The van der Waals surface area contributed by atoms with Crippen molar-refractivity contribution in [3.05, 3.63) is 42.0 Å². The van der Waals surface area contributed by atoms with Gasteiger partial charge in [0.15, 0.2) is 0 Å². The van der Waals surface area contributed by atoms with Crippen LogP contribution in [0.15, 0.2) is 36.4 Å². The Balaban J connectivity index is 2.20. The third-order valence-electron chi connectivity index (χ3n) is 3.48. The number of aromatic carboxylic acids is 1. The maximum atomic E-state index is 12.2. The average Bonchev–Trinajstić information content (AvgIpc) is 2.47. The monoisotopic (exact) mass is 287 g/mol. The van der Waals surface area contributed by atoms with Crippen LogP contribution in [0, 0.1) is 11.8 Å². The van der Waals surface area contributed by atoms with Gasteiger partial charge in [0.25, 0.3) is 0 Å². The molecule has 0 spiro atoms. The van der Waals surface area contributed by atoms with Crippen molar-refractivity contribution in [2.75, 3.05) is 5.32 Å². The second kappa shape index (κ2) is 6.21. The Morgan fingerprint density at radius 2 is 1.62 bits per heavy atom. The van der Waals surface area contributed by atoms with Crippen LogP contribution in [0.25, 0.3) is 0 Å². The van der Waals surface area contributed by atoms with Crippen LogP contribution >= 0.6 is 0 Å². The zero-order valence-corrected chi connectivity index (χ0v) is 11.1. The number of para-hydroxylation sites is 1. The number of rotatable bonds is 4. The van der Waals surface area contributed by atoms with Gasteiger partial charge < -0.3 is 25.1 Å². The van der Waals surface area contributed by atoms with Crippen LogP contribution in [0.4, 0.5) is 5.69 Å². The molecule has 21 heavy (non-hydrogen) atoms. The summed E-state index contributed by atoms with van der Waals surface area (Å²) in [4.78, 5) is 34.2. The van der Waals surface area contributed by atoms with E-state index >= 15 is 0 Å². The fourth-order valence-corrected chi connectivity index (χ4v) is 2.36. The van der Waals surface area contributed by atoms with E-state index in [-0.39, 0.29) is 24.1 Å². The molecule has 6 heteroatoms. The molecule has 0 fully saturated rings. The van der Waals surface area contributed by atoms with Crippen LogP contribution in [-0.4, -0.2) is 17.8 Å². The minimum Gasteiger partial charge on any atom is -0.550 e. The molecule has 0 radical (unpaired) electrons. The first-order valence-electron chi connectivity index (χ1n) is 6.47. The third-order valence-corrected chi connectivity index (χ3v) is 3.48. The molecule has 1 aromatic rings. The van der Waals surface area contributed by atoms with Crippen molar-refractivity contribution in [2.45, 2.75) is 12.8 Å². The Bertz CT molecular complexity index is 608. The zero-order chi connectivity index (χ0) is 15.4. The molecule has 0 saturated heterocycles. The SMILES string of the molecule is O=C([O-])c1ccccc1NC(=O)[C@H]1CC=CC[C@@H]1C(=O)[O-]. The second-order valence-corrected chi connectivity index (χ2v) is 4.80. The molecule has 6 nitrogen and oxygen atoms in total.